The van der Waals surface area contributed by atoms with Crippen LogP contribution in [0, 0.1) is 13.8 Å². The average Bonchev–Trinajstić information content (AvgIpc) is 2.15. The average molecular weight is 223 g/mol. The Labute approximate surface area is 94.9 Å². The lowest BCUT2D eigenvalue weighted by Gasteiger charge is -2.15. The SMILES string of the molecule is CNC(Cc1c(C)cc(O)cc1C)C(=O)O. The molecule has 0 radical (unpaired) electrons. The highest BCUT2D eigenvalue weighted by Gasteiger charge is 2.17. The van der Waals surface area contributed by atoms with E-state index in [-0.39, 0.29) is 5.75 Å². The van der Waals surface area contributed by atoms with Crippen molar-refractivity contribution >= 4 is 5.97 Å². The van der Waals surface area contributed by atoms with E-state index in [1.807, 2.05) is 13.8 Å². The Hall–Kier alpha value is -1.55. The number of phenols is 1. The second-order valence-corrected chi connectivity index (χ2v) is 3.94. The fourth-order valence-electron chi connectivity index (χ4n) is 1.81. The van der Waals surface area contributed by atoms with Crippen molar-refractivity contribution in [1.29, 1.82) is 0 Å². The molecule has 88 valence electrons. The Morgan fingerprint density at radius 1 is 1.38 bits per heavy atom. The smallest absolute Gasteiger partial charge is 0.321 e. The van der Waals surface area contributed by atoms with E-state index in [2.05, 4.69) is 5.32 Å². The summed E-state index contributed by atoms with van der Waals surface area (Å²) in [5, 5.41) is 21.1. The highest BCUT2D eigenvalue weighted by Crippen LogP contribution is 2.21. The molecule has 0 aliphatic rings. The van der Waals surface area contributed by atoms with Crippen molar-refractivity contribution in [3.63, 3.8) is 0 Å². The summed E-state index contributed by atoms with van der Waals surface area (Å²) in [6.07, 6.45) is 0.420. The number of benzene rings is 1. The van der Waals surface area contributed by atoms with Gasteiger partial charge < -0.3 is 15.5 Å². The molecule has 0 aliphatic heterocycles. The van der Waals surface area contributed by atoms with Crippen LogP contribution in [-0.2, 0) is 11.2 Å². The second kappa shape index (κ2) is 4.99. The minimum Gasteiger partial charge on any atom is -0.508 e. The van der Waals surface area contributed by atoms with Gasteiger partial charge >= 0.3 is 5.97 Å². The Morgan fingerprint density at radius 3 is 2.25 bits per heavy atom. The number of aromatic hydroxyl groups is 1. The number of carboxylic acid groups (broad SMARTS) is 1. The summed E-state index contributed by atoms with van der Waals surface area (Å²) in [5.41, 5.74) is 2.80. The number of aryl methyl sites for hydroxylation is 2. The van der Waals surface area contributed by atoms with Gasteiger partial charge in [-0.1, -0.05) is 0 Å². The quantitative estimate of drug-likeness (QED) is 0.718. The Kier molecular flexibility index (Phi) is 3.90. The third kappa shape index (κ3) is 2.73. The predicted octanol–water partition coefficient (Wildman–Crippen LogP) is 1.22. The standard InChI is InChI=1S/C12H17NO3/c1-7-4-9(14)5-8(2)10(7)6-11(13-3)12(15)16/h4-5,11,13-14H,6H2,1-3H3,(H,15,16). The molecule has 3 N–H and O–H groups in total. The number of nitrogens with one attached hydrogen (secondary N) is 1. The molecule has 0 heterocycles. The normalized spacial score (nSPS) is 12.4. The molecule has 1 aromatic rings. The van der Waals surface area contributed by atoms with Crippen LogP contribution in [-0.4, -0.2) is 29.3 Å². The molecule has 1 aromatic carbocycles. The summed E-state index contributed by atoms with van der Waals surface area (Å²) in [6.45, 7) is 3.74. The fraction of sp³-hybridized carbons (Fsp3) is 0.417. The van der Waals surface area contributed by atoms with Crippen molar-refractivity contribution in [3.8, 4) is 5.75 Å². The first-order valence-corrected chi connectivity index (χ1v) is 5.15. The second-order valence-electron chi connectivity index (χ2n) is 3.94. The van der Waals surface area contributed by atoms with Gasteiger partial charge in [0.05, 0.1) is 0 Å². The molecule has 0 aromatic heterocycles. The van der Waals surface area contributed by atoms with Gasteiger partial charge in [-0.25, -0.2) is 0 Å². The number of aliphatic carboxylic acids is 1. The van der Waals surface area contributed by atoms with E-state index in [0.29, 0.717) is 6.42 Å². The number of carbonyl (C=O) groups is 1. The van der Waals surface area contributed by atoms with E-state index in [1.165, 1.54) is 0 Å². The molecule has 0 amide bonds. The van der Waals surface area contributed by atoms with Gasteiger partial charge in [0.1, 0.15) is 11.8 Å². The van der Waals surface area contributed by atoms with Crippen LogP contribution >= 0.6 is 0 Å². The highest BCUT2D eigenvalue weighted by molar-refractivity contribution is 5.74. The van der Waals surface area contributed by atoms with E-state index in [1.54, 1.807) is 19.2 Å². The van der Waals surface area contributed by atoms with Gasteiger partial charge in [-0.2, -0.15) is 0 Å². The minimum atomic E-state index is -0.866. The zero-order valence-electron chi connectivity index (χ0n) is 9.74. The van der Waals surface area contributed by atoms with Gasteiger partial charge in [-0.05, 0) is 56.1 Å². The van der Waals surface area contributed by atoms with Crippen LogP contribution in [0.2, 0.25) is 0 Å². The van der Waals surface area contributed by atoms with Crippen LogP contribution in [0.4, 0.5) is 0 Å². The van der Waals surface area contributed by atoms with Crippen LogP contribution in [0.5, 0.6) is 5.75 Å². The number of carboxylic acids is 1. The maximum Gasteiger partial charge on any atom is 0.321 e. The van der Waals surface area contributed by atoms with Crippen molar-refractivity contribution in [3.05, 3.63) is 28.8 Å². The largest absolute Gasteiger partial charge is 0.508 e. The first-order valence-electron chi connectivity index (χ1n) is 5.15. The number of rotatable bonds is 4. The van der Waals surface area contributed by atoms with Crippen LogP contribution in [0.25, 0.3) is 0 Å². The van der Waals surface area contributed by atoms with Crippen molar-refractivity contribution in [2.75, 3.05) is 7.05 Å². The summed E-state index contributed by atoms with van der Waals surface area (Å²) in [7, 11) is 1.63. The first kappa shape index (κ1) is 12.5. The number of hydrogen-bond acceptors (Lipinski definition) is 3. The first-order chi connectivity index (χ1) is 7.45. The molecule has 16 heavy (non-hydrogen) atoms. The van der Waals surface area contributed by atoms with Gasteiger partial charge in [-0.3, -0.25) is 4.79 Å². The molecular formula is C12H17NO3. The van der Waals surface area contributed by atoms with Crippen LogP contribution in [0.1, 0.15) is 16.7 Å². The maximum atomic E-state index is 10.9. The van der Waals surface area contributed by atoms with Gasteiger partial charge in [0.15, 0.2) is 0 Å². The molecule has 4 heteroatoms. The zero-order valence-corrected chi connectivity index (χ0v) is 9.74. The highest BCUT2D eigenvalue weighted by atomic mass is 16.4. The Bertz CT molecular complexity index is 378. The Morgan fingerprint density at radius 2 is 1.88 bits per heavy atom. The third-order valence-corrected chi connectivity index (χ3v) is 2.74. The van der Waals surface area contributed by atoms with E-state index >= 15 is 0 Å². The fourth-order valence-corrected chi connectivity index (χ4v) is 1.81. The summed E-state index contributed by atoms with van der Waals surface area (Å²) >= 11 is 0. The minimum absolute atomic E-state index is 0.218. The molecule has 1 unspecified atom stereocenters. The summed E-state index contributed by atoms with van der Waals surface area (Å²) in [6, 6.07) is 2.70. The zero-order chi connectivity index (χ0) is 12.3. The van der Waals surface area contributed by atoms with E-state index < -0.39 is 12.0 Å². The lowest BCUT2D eigenvalue weighted by atomic mass is 9.96. The monoisotopic (exact) mass is 223 g/mol. The molecular weight excluding hydrogens is 206 g/mol. The van der Waals surface area contributed by atoms with E-state index in [4.69, 9.17) is 5.11 Å². The number of phenolic OH excluding ortho intramolecular Hbond substituents is 1. The van der Waals surface area contributed by atoms with Crippen molar-refractivity contribution in [1.82, 2.24) is 5.32 Å². The molecule has 0 saturated carbocycles. The van der Waals surface area contributed by atoms with E-state index in [9.17, 15) is 9.90 Å². The van der Waals surface area contributed by atoms with Crippen LogP contribution < -0.4 is 5.32 Å². The predicted molar refractivity (Wildman–Crippen MR) is 61.8 cm³/mol. The summed E-state index contributed by atoms with van der Waals surface area (Å²) < 4.78 is 0. The van der Waals surface area contributed by atoms with Gasteiger partial charge in [0.2, 0.25) is 0 Å². The lowest BCUT2D eigenvalue weighted by molar-refractivity contribution is -0.139. The number of likely N-dealkylation sites (N-methyl/N-ethyl adjacent to an activating group) is 1. The topological polar surface area (TPSA) is 69.6 Å². The lowest BCUT2D eigenvalue weighted by Crippen LogP contribution is -2.36. The van der Waals surface area contributed by atoms with Crippen molar-refractivity contribution in [2.24, 2.45) is 0 Å². The third-order valence-electron chi connectivity index (χ3n) is 2.74. The molecule has 0 fully saturated rings. The molecule has 1 atom stereocenters. The number of hydrogen-bond donors (Lipinski definition) is 3. The molecule has 4 nitrogen and oxygen atoms in total. The summed E-state index contributed by atoms with van der Waals surface area (Å²) in [5.74, 6) is -0.649. The van der Waals surface area contributed by atoms with Crippen molar-refractivity contribution in [2.45, 2.75) is 26.3 Å². The van der Waals surface area contributed by atoms with Gasteiger partial charge in [0.25, 0.3) is 0 Å². The van der Waals surface area contributed by atoms with Crippen molar-refractivity contribution < 1.29 is 15.0 Å². The molecule has 0 saturated heterocycles. The van der Waals surface area contributed by atoms with Gasteiger partial charge in [0, 0.05) is 0 Å². The molecule has 0 bridgehead atoms. The van der Waals surface area contributed by atoms with Crippen LogP contribution in [0.3, 0.4) is 0 Å². The molecule has 1 rings (SSSR count). The van der Waals surface area contributed by atoms with E-state index in [0.717, 1.165) is 16.7 Å². The maximum absolute atomic E-state index is 10.9. The molecule has 0 spiro atoms. The van der Waals surface area contributed by atoms with Crippen LogP contribution in [0.15, 0.2) is 12.1 Å². The Balaban J connectivity index is 3.01. The molecule has 0 aliphatic carbocycles. The van der Waals surface area contributed by atoms with Gasteiger partial charge in [-0.15, -0.1) is 0 Å². The summed E-state index contributed by atoms with van der Waals surface area (Å²) in [4.78, 5) is 10.9.